The lowest BCUT2D eigenvalue weighted by Crippen LogP contribution is -2.71. The number of benzene rings is 9. The van der Waals surface area contributed by atoms with Crippen molar-refractivity contribution in [2.45, 2.75) is 224 Å². The topological polar surface area (TPSA) is 256 Å². The van der Waals surface area contributed by atoms with E-state index in [1.165, 1.54) is 13.8 Å². The fraction of sp³-hybridized carbons (Fsp3) is 0.426. The van der Waals surface area contributed by atoms with Crippen molar-refractivity contribution < 1.29 is 114 Å². The maximum absolute atomic E-state index is 13.7. The molecular formula is C101H115NO24. The molecule has 668 valence electrons. The van der Waals surface area contributed by atoms with E-state index in [4.69, 9.17) is 94.7 Å². The molecule has 0 aromatic heterocycles. The molecule has 9 aromatic carbocycles. The molecule has 0 N–H and O–H groups in total. The van der Waals surface area contributed by atoms with Crippen molar-refractivity contribution in [2.75, 3.05) is 39.5 Å². The van der Waals surface area contributed by atoms with E-state index in [0.29, 0.717) is 13.1 Å². The predicted molar refractivity (Wildman–Crippen MR) is 461 cm³/mol. The van der Waals surface area contributed by atoms with Crippen molar-refractivity contribution in [1.82, 2.24) is 4.90 Å². The molecule has 126 heavy (non-hydrogen) atoms. The first-order chi connectivity index (χ1) is 61.6. The van der Waals surface area contributed by atoms with Crippen LogP contribution in [-0.2, 0) is 173 Å². The molecule has 2 unspecified atom stereocenters. The van der Waals surface area contributed by atoms with Gasteiger partial charge in [-0.05, 0) is 61.9 Å². The van der Waals surface area contributed by atoms with E-state index < -0.39 is 153 Å². The van der Waals surface area contributed by atoms with E-state index in [9.17, 15) is 19.2 Å². The Labute approximate surface area is 737 Å². The highest BCUT2D eigenvalue weighted by Crippen LogP contribution is 2.43. The summed E-state index contributed by atoms with van der Waals surface area (Å²) in [5.74, 6) is -2.99. The summed E-state index contributed by atoms with van der Waals surface area (Å²) in [5, 5.41) is 0. The maximum atomic E-state index is 13.7. The molecule has 14 rings (SSSR count). The van der Waals surface area contributed by atoms with E-state index in [1.54, 1.807) is 0 Å². The zero-order chi connectivity index (χ0) is 87.4. The van der Waals surface area contributed by atoms with Crippen LogP contribution in [0, 0.1) is 11.8 Å². The summed E-state index contributed by atoms with van der Waals surface area (Å²) in [6.45, 7) is 9.97. The highest BCUT2D eigenvalue weighted by Gasteiger charge is 2.61. The van der Waals surface area contributed by atoms with Gasteiger partial charge in [-0.25, -0.2) is 0 Å². The van der Waals surface area contributed by atoms with Gasteiger partial charge in [0, 0.05) is 40.8 Å². The Balaban J connectivity index is 0.947. The van der Waals surface area contributed by atoms with Crippen molar-refractivity contribution in [3.8, 4) is 0 Å². The Morgan fingerprint density at radius 2 is 0.532 bits per heavy atom. The zero-order valence-electron chi connectivity index (χ0n) is 72.0. The number of nitrogens with zero attached hydrogens (tertiary/aromatic N) is 1. The lowest BCUT2D eigenvalue weighted by molar-refractivity contribution is -0.397. The van der Waals surface area contributed by atoms with E-state index >= 15 is 0 Å². The molecule has 0 aliphatic carbocycles. The maximum Gasteiger partial charge on any atom is 0.303 e. The minimum atomic E-state index is -1.73. The van der Waals surface area contributed by atoms with Crippen molar-refractivity contribution in [2.24, 2.45) is 11.8 Å². The van der Waals surface area contributed by atoms with Crippen LogP contribution in [0.1, 0.15) is 91.6 Å². The Bertz CT molecular complexity index is 4690. The molecule has 25 heteroatoms. The molecule has 5 aliphatic heterocycles. The summed E-state index contributed by atoms with van der Waals surface area (Å²) in [7, 11) is 0. The van der Waals surface area contributed by atoms with Crippen LogP contribution in [-0.4, -0.2) is 191 Å². The lowest BCUT2D eigenvalue weighted by atomic mass is 9.93. The number of hydrogen-bond donors (Lipinski definition) is 0. The molecule has 0 bridgehead atoms. The second-order valence-corrected chi connectivity index (χ2v) is 32.5. The molecule has 5 fully saturated rings. The lowest BCUT2D eigenvalue weighted by Gasteiger charge is -2.54. The van der Waals surface area contributed by atoms with Crippen LogP contribution in [0.15, 0.2) is 273 Å². The van der Waals surface area contributed by atoms with Gasteiger partial charge in [0.2, 0.25) is 0 Å². The van der Waals surface area contributed by atoms with Crippen LogP contribution in [0.5, 0.6) is 0 Å². The molecule has 0 saturated carbocycles. The Kier molecular flexibility index (Phi) is 34.7. The highest BCUT2D eigenvalue weighted by atomic mass is 16.8. The first-order valence-corrected chi connectivity index (χ1v) is 43.3. The average Bonchev–Trinajstić information content (AvgIpc) is 1.71. The van der Waals surface area contributed by atoms with Crippen LogP contribution in [0.2, 0.25) is 0 Å². The standard InChI is InChI=1S/C101H115NO24/c1-67-52-102(53-68(67)2)86-91(112-58-77-42-24-11-25-43-77)88(124-101-97(119-72(6)106)94(118-71(5)105)90(117-70(4)104)85(123-101)66-110-69(3)103)83(64-108-55-74-36-18-8-19-37-74)120-98(86)126-93-87(111-57-76-40-22-10-23-41-76)82(63-107-54-73-34-16-7-17-35-73)122-100(96(93)115-61-80-48-30-14-31-49-80)125-89-84(65-109-56-75-38-20-9-21-39-75)121-99(116-62-81-50-32-15-33-51-81)95(114-60-79-46-28-13-29-47-79)92(89)113-59-78-44-26-12-27-45-78/h7-51,67-68,82-101H,52-66H2,1-6H3/t67?,68?,82-,83-,84-,85-,86-,87+,88-,89-,90+,91-,92+,93+,94+,95-,96-,97-,98+,99-,100+,101+/m1/s1. The van der Waals surface area contributed by atoms with Gasteiger partial charge in [-0.2, -0.15) is 0 Å². The fourth-order valence-electron chi connectivity index (χ4n) is 16.6. The average molecular weight is 1730 g/mol. The van der Waals surface area contributed by atoms with Gasteiger partial charge < -0.3 is 94.7 Å². The van der Waals surface area contributed by atoms with Gasteiger partial charge >= 0.3 is 23.9 Å². The van der Waals surface area contributed by atoms with Crippen LogP contribution < -0.4 is 0 Å². The molecule has 0 amide bonds. The van der Waals surface area contributed by atoms with Gasteiger partial charge in [0.15, 0.2) is 43.5 Å². The van der Waals surface area contributed by atoms with E-state index in [1.807, 2.05) is 273 Å². The summed E-state index contributed by atoms with van der Waals surface area (Å²) < 4.78 is 143. The monoisotopic (exact) mass is 1730 g/mol. The molecule has 5 aliphatic rings. The van der Waals surface area contributed by atoms with Crippen LogP contribution in [0.3, 0.4) is 0 Å². The van der Waals surface area contributed by atoms with Gasteiger partial charge in [0.1, 0.15) is 79.9 Å². The molecule has 9 aromatic rings. The van der Waals surface area contributed by atoms with Crippen molar-refractivity contribution in [3.63, 3.8) is 0 Å². The van der Waals surface area contributed by atoms with Gasteiger partial charge in [0.05, 0.1) is 85.3 Å². The number of ether oxygens (including phenoxy) is 20. The summed E-state index contributed by atoms with van der Waals surface area (Å²) in [5.41, 5.74) is 7.73. The molecule has 0 radical (unpaired) electrons. The minimum Gasteiger partial charge on any atom is -0.463 e. The van der Waals surface area contributed by atoms with Crippen molar-refractivity contribution in [1.29, 1.82) is 0 Å². The summed E-state index contributed by atoms with van der Waals surface area (Å²) in [6.07, 6.45) is -24.6. The quantitative estimate of drug-likeness (QED) is 0.0254. The molecule has 5 saturated heterocycles. The Morgan fingerprint density at radius 3 is 0.905 bits per heavy atom. The molecular weight excluding hydrogens is 1610 g/mol. The molecule has 22 atom stereocenters. The summed E-state index contributed by atoms with van der Waals surface area (Å²) in [4.78, 5) is 55.6. The molecule has 5 heterocycles. The number of hydrogen-bond acceptors (Lipinski definition) is 25. The zero-order valence-corrected chi connectivity index (χ0v) is 72.0. The first-order valence-electron chi connectivity index (χ1n) is 43.3. The van der Waals surface area contributed by atoms with E-state index in [2.05, 4.69) is 18.7 Å². The predicted octanol–water partition coefficient (Wildman–Crippen LogP) is 14.2. The fourth-order valence-corrected chi connectivity index (χ4v) is 16.6. The van der Waals surface area contributed by atoms with Crippen LogP contribution >= 0.6 is 0 Å². The number of carbonyl (C=O) groups is 4. The third-order valence-electron chi connectivity index (χ3n) is 22.9. The Hall–Kier alpha value is -9.82. The second kappa shape index (κ2) is 47.3. The number of rotatable bonds is 42. The van der Waals surface area contributed by atoms with E-state index in [-0.39, 0.29) is 91.1 Å². The number of likely N-dealkylation sites (tertiary alicyclic amines) is 1. The van der Waals surface area contributed by atoms with Crippen LogP contribution in [0.4, 0.5) is 0 Å². The minimum absolute atomic E-state index is 0.00919. The van der Waals surface area contributed by atoms with E-state index in [0.717, 1.165) is 63.9 Å². The summed E-state index contributed by atoms with van der Waals surface area (Å²) in [6, 6.07) is 87.3. The third-order valence-corrected chi connectivity index (χ3v) is 22.9. The number of carbonyl (C=O) groups excluding carboxylic acids is 4. The van der Waals surface area contributed by atoms with Crippen molar-refractivity contribution in [3.05, 3.63) is 323 Å². The first kappa shape index (κ1) is 92.4. The smallest absolute Gasteiger partial charge is 0.303 e. The summed E-state index contributed by atoms with van der Waals surface area (Å²) >= 11 is 0. The highest BCUT2D eigenvalue weighted by molar-refractivity contribution is 5.69. The van der Waals surface area contributed by atoms with Crippen molar-refractivity contribution >= 4 is 23.9 Å². The Morgan fingerprint density at radius 1 is 0.262 bits per heavy atom. The number of esters is 4. The van der Waals surface area contributed by atoms with Gasteiger partial charge in [-0.3, -0.25) is 24.1 Å². The third kappa shape index (κ3) is 26.4. The molecule has 0 spiro atoms. The van der Waals surface area contributed by atoms with Gasteiger partial charge in [0.25, 0.3) is 0 Å². The molecule has 25 nitrogen and oxygen atoms in total. The van der Waals surface area contributed by atoms with Crippen LogP contribution in [0.25, 0.3) is 0 Å². The SMILES string of the molecule is CC(=O)OC[C@H]1O[C@@H](O[C@H]2[C@H](OCc3ccccc3)[C@@H](N3CC(C)C(C)C3)[C@H](O[C@H]3[C@@H](OCc4ccccc4)[C@@H](COCc4ccccc4)O[C@@H](O[C@H]4[C@H](OCc5ccccc5)[C@@H](OCc5ccccc5)[C@H](OCc5ccccc5)O[C@@H]4COCc4ccccc4)[C@@H]3OCc3ccccc3)O[C@@H]2COCc2ccccc2)[C@H](OC(C)=O)[C@@H](OC(C)=O)[C@H]1OC(C)=O. The van der Waals surface area contributed by atoms with Gasteiger partial charge in [-0.1, -0.05) is 287 Å². The van der Waals surface area contributed by atoms with Gasteiger partial charge in [-0.15, -0.1) is 0 Å². The second-order valence-electron chi connectivity index (χ2n) is 32.5. The largest absolute Gasteiger partial charge is 0.463 e. The normalized spacial score (nSPS) is 28.0.